The van der Waals surface area contributed by atoms with Gasteiger partial charge in [-0.2, -0.15) is 21.2 Å². The van der Waals surface area contributed by atoms with E-state index in [4.69, 9.17) is 0 Å². The number of anilines is 2. The second kappa shape index (κ2) is 9.90. The van der Waals surface area contributed by atoms with Crippen LogP contribution in [0.15, 0.2) is 62.8 Å². The van der Waals surface area contributed by atoms with Gasteiger partial charge in [0, 0.05) is 17.2 Å². The number of aromatic nitrogens is 2. The molecule has 4 aromatic rings. The molecule has 0 fully saturated rings. The lowest BCUT2D eigenvalue weighted by atomic mass is 10.1. The zero-order valence-corrected chi connectivity index (χ0v) is 23.0. The molecule has 1 unspecified atom stereocenters. The van der Waals surface area contributed by atoms with Crippen LogP contribution in [-0.2, 0) is 11.1 Å². The molecule has 6 N–H and O–H groups in total. The Kier molecular flexibility index (Phi) is 6.87. The van der Waals surface area contributed by atoms with Gasteiger partial charge in [0.1, 0.15) is 17.1 Å². The van der Waals surface area contributed by atoms with Crippen molar-refractivity contribution in [1.29, 1.82) is 0 Å². The zero-order chi connectivity index (χ0) is 28.1. The summed E-state index contributed by atoms with van der Waals surface area (Å²) in [5.74, 6) is -1.26. The van der Waals surface area contributed by atoms with E-state index >= 15 is 0 Å². The normalized spacial score (nSPS) is 17.2. The molecular weight excluding hydrogens is 568 g/mol. The van der Waals surface area contributed by atoms with Gasteiger partial charge in [0.05, 0.1) is 23.2 Å². The number of amidine groups is 1. The summed E-state index contributed by atoms with van der Waals surface area (Å²) in [7, 11) is -7.64. The predicted molar refractivity (Wildman–Crippen MR) is 152 cm³/mol. The number of benzene rings is 2. The van der Waals surface area contributed by atoms with E-state index in [2.05, 4.69) is 19.9 Å². The number of rotatable bonds is 6. The van der Waals surface area contributed by atoms with Gasteiger partial charge in [-0.25, -0.2) is 9.07 Å². The molecule has 0 saturated carbocycles. The van der Waals surface area contributed by atoms with E-state index in [1.165, 1.54) is 41.7 Å². The number of hydrogen-bond acceptors (Lipinski definition) is 9. The number of fused-ring (bicyclic) bond motifs is 1. The zero-order valence-electron chi connectivity index (χ0n) is 20.5. The summed E-state index contributed by atoms with van der Waals surface area (Å²) < 4.78 is 53.9. The smallest absolute Gasteiger partial charge is 0.346 e. The van der Waals surface area contributed by atoms with Gasteiger partial charge in [0.2, 0.25) is 0 Å². The molecule has 0 bridgehead atoms. The number of thiophene rings is 1. The van der Waals surface area contributed by atoms with Gasteiger partial charge >= 0.3 is 7.52 Å². The molecule has 3 heterocycles. The molecule has 0 saturated heterocycles. The van der Waals surface area contributed by atoms with Gasteiger partial charge in [-0.3, -0.25) is 23.2 Å². The Morgan fingerprint density at radius 2 is 1.97 bits per heavy atom. The standard InChI is InChI=1S/C24H23FN5O6PS2/c1-13-9-14(3-5-17(13)25)11-30-24(32)20(22(31)21(27-30)15-7-8-38-12-15)23-26-18-6-4-16(29-39(2,35)36)10-19(18)37(33,34)28-23/h3-10,12,29,31,35-36H,11H2,1-2H3,(H2,26,28,33,34). The van der Waals surface area contributed by atoms with Gasteiger partial charge in [-0.05, 0) is 53.8 Å². The van der Waals surface area contributed by atoms with Crippen molar-refractivity contribution in [2.45, 2.75) is 13.5 Å². The molecule has 2 aromatic carbocycles. The van der Waals surface area contributed by atoms with Crippen LogP contribution in [0.25, 0.3) is 11.3 Å². The van der Waals surface area contributed by atoms with Crippen molar-refractivity contribution in [3.8, 4) is 17.0 Å². The van der Waals surface area contributed by atoms with Crippen molar-refractivity contribution in [3.63, 3.8) is 0 Å². The Balaban J connectivity index is 1.64. The summed E-state index contributed by atoms with van der Waals surface area (Å²) in [6.07, 6.45) is 1.16. The van der Waals surface area contributed by atoms with Crippen LogP contribution in [0.5, 0.6) is 5.75 Å². The Hall–Kier alpha value is -3.52. The minimum Gasteiger partial charge on any atom is -0.505 e. The third-order valence-corrected chi connectivity index (χ3v) is 8.60. The first-order chi connectivity index (χ1) is 18.3. The second-order valence-electron chi connectivity index (χ2n) is 8.92. The molecule has 11 nitrogen and oxygen atoms in total. The highest BCUT2D eigenvalue weighted by molar-refractivity contribution is 8.24. The van der Waals surface area contributed by atoms with Crippen LogP contribution in [0.3, 0.4) is 0 Å². The molecular formula is C24H23FN5O6PS2. The van der Waals surface area contributed by atoms with Crippen molar-refractivity contribution in [1.82, 2.24) is 9.78 Å². The summed E-state index contributed by atoms with van der Waals surface area (Å²) in [6, 6.07) is 10.2. The van der Waals surface area contributed by atoms with Crippen LogP contribution in [0.2, 0.25) is 0 Å². The number of nitrogens with one attached hydrogen (secondary N) is 2. The Labute approximate surface area is 227 Å². The summed E-state index contributed by atoms with van der Waals surface area (Å²) in [5.41, 5.74) is 0.687. The molecule has 15 heteroatoms. The fourth-order valence-corrected chi connectivity index (χ4v) is 6.57. The number of aromatic hydroxyl groups is 1. The van der Waals surface area contributed by atoms with Crippen molar-refractivity contribution in [2.24, 2.45) is 4.76 Å². The van der Waals surface area contributed by atoms with Crippen LogP contribution >= 0.6 is 29.6 Å². The summed E-state index contributed by atoms with van der Waals surface area (Å²) in [6.45, 7) is 1.53. The molecule has 1 atom stereocenters. The first-order valence-electron chi connectivity index (χ1n) is 11.3. The van der Waals surface area contributed by atoms with E-state index in [1.54, 1.807) is 29.8 Å². The maximum Gasteiger partial charge on any atom is 0.346 e. The van der Waals surface area contributed by atoms with E-state index in [9.17, 15) is 32.9 Å². The van der Waals surface area contributed by atoms with Crippen molar-refractivity contribution >= 4 is 52.1 Å². The van der Waals surface area contributed by atoms with Crippen LogP contribution in [0.4, 0.5) is 15.8 Å². The second-order valence-corrected chi connectivity index (χ2v) is 13.3. The molecule has 0 spiro atoms. The first kappa shape index (κ1) is 27.1. The fourth-order valence-electron chi connectivity index (χ4n) is 4.07. The summed E-state index contributed by atoms with van der Waals surface area (Å²) in [5, 5.41) is 21.7. The predicted octanol–water partition coefficient (Wildman–Crippen LogP) is 4.56. The van der Waals surface area contributed by atoms with E-state index in [0.717, 1.165) is 10.9 Å². The quantitative estimate of drug-likeness (QED) is 0.176. The van der Waals surface area contributed by atoms with Gasteiger partial charge in [-0.1, -0.05) is 12.1 Å². The molecule has 39 heavy (non-hydrogen) atoms. The maximum absolute atomic E-state index is 13.8. The average molecular weight is 592 g/mol. The monoisotopic (exact) mass is 591 g/mol. The lowest BCUT2D eigenvalue weighted by Crippen LogP contribution is -2.34. The fraction of sp³-hybridized carbons (Fsp3) is 0.125. The largest absolute Gasteiger partial charge is 0.505 e. The van der Waals surface area contributed by atoms with Crippen LogP contribution in [0.1, 0.15) is 16.7 Å². The Morgan fingerprint density at radius 3 is 2.64 bits per heavy atom. The molecule has 1 aliphatic heterocycles. The van der Waals surface area contributed by atoms with Crippen molar-refractivity contribution in [3.05, 3.63) is 86.1 Å². The van der Waals surface area contributed by atoms with Gasteiger partial charge in [-0.15, -0.1) is 10.8 Å². The molecule has 0 amide bonds. The molecule has 1 aliphatic rings. The number of nitrogens with zero attached hydrogens (tertiary/aromatic N) is 3. The third-order valence-electron chi connectivity index (χ3n) is 5.83. The van der Waals surface area contributed by atoms with Gasteiger partial charge in [0.15, 0.2) is 11.6 Å². The van der Waals surface area contributed by atoms with Crippen molar-refractivity contribution in [2.75, 3.05) is 16.3 Å². The Bertz CT molecular complexity index is 1740. The van der Waals surface area contributed by atoms with Crippen molar-refractivity contribution < 1.29 is 28.1 Å². The first-order valence-corrected chi connectivity index (χ1v) is 15.8. The van der Waals surface area contributed by atoms with Crippen LogP contribution in [0, 0.1) is 12.7 Å². The minimum atomic E-state index is -4.49. The molecule has 5 rings (SSSR count). The molecule has 0 radical (unpaired) electrons. The highest BCUT2D eigenvalue weighted by Crippen LogP contribution is 2.48. The summed E-state index contributed by atoms with van der Waals surface area (Å²) in [4.78, 5) is 24.4. The summed E-state index contributed by atoms with van der Waals surface area (Å²) >= 11 is 1.35. The average Bonchev–Trinajstić information content (AvgIpc) is 3.37. The number of halogens is 1. The van der Waals surface area contributed by atoms with E-state index in [-0.39, 0.29) is 40.3 Å². The minimum absolute atomic E-state index is 0.0560. The van der Waals surface area contributed by atoms with E-state index in [0.29, 0.717) is 16.7 Å². The number of aryl methyl sites for hydroxylation is 1. The van der Waals surface area contributed by atoms with Crippen LogP contribution in [-0.4, -0.2) is 41.0 Å². The van der Waals surface area contributed by atoms with Gasteiger partial charge in [0.25, 0.3) is 5.56 Å². The van der Waals surface area contributed by atoms with E-state index in [1.807, 2.05) is 0 Å². The number of hydrogen-bond donors (Lipinski definition) is 6. The lowest BCUT2D eigenvalue weighted by Gasteiger charge is -2.30. The van der Waals surface area contributed by atoms with Crippen LogP contribution < -0.4 is 20.9 Å². The van der Waals surface area contributed by atoms with Gasteiger partial charge < -0.3 is 15.3 Å². The topological polar surface area (TPSA) is 169 Å². The molecule has 2 aromatic heterocycles. The molecule has 204 valence electrons. The maximum atomic E-state index is 13.8. The third kappa shape index (κ3) is 5.48. The highest BCUT2D eigenvalue weighted by Gasteiger charge is 2.34. The SMILES string of the molecule is Cc1cc(Cn2nc(-c3ccsc3)c(O)c(C3=NP(=O)(O)c4cc(NS(C)(O)O)ccc4N3)c2=O)ccc1F. The van der Waals surface area contributed by atoms with E-state index < -0.39 is 35.4 Å². The lowest BCUT2D eigenvalue weighted by molar-refractivity contribution is 0.464. The molecule has 0 aliphatic carbocycles. The highest BCUT2D eigenvalue weighted by atomic mass is 32.3. The Morgan fingerprint density at radius 1 is 1.21 bits per heavy atom.